The van der Waals surface area contributed by atoms with Crippen LogP contribution < -0.4 is 5.32 Å². The van der Waals surface area contributed by atoms with Crippen molar-refractivity contribution in [3.05, 3.63) is 18.0 Å². The number of carbonyl (C=O) groups excluding carboxylic acids is 1. The number of nitrogens with one attached hydrogen (secondary N) is 1. The van der Waals surface area contributed by atoms with Crippen molar-refractivity contribution in [3.63, 3.8) is 0 Å². The van der Waals surface area contributed by atoms with Crippen molar-refractivity contribution in [2.45, 2.75) is 12.8 Å². The first-order valence-corrected chi connectivity index (χ1v) is 8.82. The molecule has 3 aliphatic heterocycles. The molecule has 0 radical (unpaired) electrons. The molecule has 132 valence electrons. The number of rotatable bonds is 5. The lowest BCUT2D eigenvalue weighted by Crippen LogP contribution is -2.43. The van der Waals surface area contributed by atoms with Crippen LogP contribution in [0.3, 0.4) is 0 Å². The molecule has 3 aliphatic rings. The van der Waals surface area contributed by atoms with E-state index < -0.39 is 0 Å². The molecule has 0 unspecified atom stereocenters. The second kappa shape index (κ2) is 6.82. The van der Waals surface area contributed by atoms with Gasteiger partial charge < -0.3 is 24.2 Å². The van der Waals surface area contributed by atoms with E-state index in [4.69, 9.17) is 14.0 Å². The Morgan fingerprint density at radius 1 is 1.38 bits per heavy atom. The minimum Gasteiger partial charge on any atom is -0.381 e. The molecule has 0 bridgehead atoms. The van der Waals surface area contributed by atoms with Crippen LogP contribution in [0, 0.1) is 17.3 Å². The van der Waals surface area contributed by atoms with Gasteiger partial charge in [-0.1, -0.05) is 5.16 Å². The van der Waals surface area contributed by atoms with Gasteiger partial charge in [-0.25, -0.2) is 0 Å². The maximum Gasteiger partial charge on any atom is 0.289 e. The van der Waals surface area contributed by atoms with Gasteiger partial charge in [0.25, 0.3) is 5.91 Å². The van der Waals surface area contributed by atoms with E-state index in [9.17, 15) is 4.79 Å². The summed E-state index contributed by atoms with van der Waals surface area (Å²) >= 11 is 0. The number of likely N-dealkylation sites (tertiary alicyclic amines) is 1. The van der Waals surface area contributed by atoms with E-state index >= 15 is 0 Å². The second-order valence-electron chi connectivity index (χ2n) is 7.38. The van der Waals surface area contributed by atoms with Crippen LogP contribution >= 0.6 is 0 Å². The van der Waals surface area contributed by atoms with Gasteiger partial charge in [0.05, 0.1) is 19.4 Å². The van der Waals surface area contributed by atoms with Gasteiger partial charge in [-0.2, -0.15) is 0 Å². The summed E-state index contributed by atoms with van der Waals surface area (Å²) in [7, 11) is 0. The smallest absolute Gasteiger partial charge is 0.289 e. The first-order valence-electron chi connectivity index (χ1n) is 8.82. The van der Waals surface area contributed by atoms with Crippen molar-refractivity contribution in [2.24, 2.45) is 17.3 Å². The highest BCUT2D eigenvalue weighted by Crippen LogP contribution is 2.41. The number of hydrogen-bond donors (Lipinski definition) is 1. The van der Waals surface area contributed by atoms with Gasteiger partial charge in [0.1, 0.15) is 0 Å². The van der Waals surface area contributed by atoms with Crippen molar-refractivity contribution in [2.75, 3.05) is 52.6 Å². The molecule has 24 heavy (non-hydrogen) atoms. The summed E-state index contributed by atoms with van der Waals surface area (Å²) in [6.45, 7) is 7.12. The lowest BCUT2D eigenvalue weighted by molar-refractivity contribution is 0.0502. The Hall–Kier alpha value is -1.44. The van der Waals surface area contributed by atoms with E-state index in [2.05, 4.69) is 15.4 Å². The van der Waals surface area contributed by atoms with Gasteiger partial charge in [0.2, 0.25) is 5.76 Å². The van der Waals surface area contributed by atoms with Crippen molar-refractivity contribution < 1.29 is 18.8 Å². The van der Waals surface area contributed by atoms with Crippen LogP contribution in [-0.4, -0.2) is 68.6 Å². The molecular weight excluding hydrogens is 310 g/mol. The van der Waals surface area contributed by atoms with Gasteiger partial charge in [-0.05, 0) is 18.8 Å². The molecule has 7 nitrogen and oxygen atoms in total. The summed E-state index contributed by atoms with van der Waals surface area (Å²) in [6.07, 6.45) is 3.81. The normalized spacial score (nSPS) is 31.2. The molecule has 1 amide bonds. The quantitative estimate of drug-likeness (QED) is 0.857. The highest BCUT2D eigenvalue weighted by molar-refractivity contribution is 5.91. The molecular formula is C17H25N3O4. The first kappa shape index (κ1) is 16.1. The van der Waals surface area contributed by atoms with Crippen LogP contribution in [0.4, 0.5) is 0 Å². The van der Waals surface area contributed by atoms with Crippen LogP contribution in [0.2, 0.25) is 0 Å². The summed E-state index contributed by atoms with van der Waals surface area (Å²) in [6, 6.07) is 1.59. The summed E-state index contributed by atoms with van der Waals surface area (Å²) < 4.78 is 16.1. The number of nitrogens with zero attached hydrogens (tertiary/aromatic N) is 2. The predicted molar refractivity (Wildman–Crippen MR) is 85.6 cm³/mol. The van der Waals surface area contributed by atoms with Crippen molar-refractivity contribution in [1.29, 1.82) is 0 Å². The molecule has 0 spiro atoms. The van der Waals surface area contributed by atoms with Gasteiger partial charge in [-0.3, -0.25) is 4.79 Å². The minimum absolute atomic E-state index is 0.0286. The molecule has 3 saturated heterocycles. The Labute approximate surface area is 141 Å². The van der Waals surface area contributed by atoms with E-state index in [1.807, 2.05) is 0 Å². The number of ether oxygens (including phenoxy) is 2. The fourth-order valence-corrected chi connectivity index (χ4v) is 4.30. The number of aromatic nitrogens is 1. The van der Waals surface area contributed by atoms with E-state index in [1.54, 1.807) is 6.07 Å². The zero-order valence-electron chi connectivity index (χ0n) is 13.9. The van der Waals surface area contributed by atoms with Crippen molar-refractivity contribution in [1.82, 2.24) is 15.4 Å². The number of carbonyl (C=O) groups is 1. The van der Waals surface area contributed by atoms with Crippen LogP contribution in [0.5, 0.6) is 0 Å². The molecule has 0 aliphatic carbocycles. The molecule has 0 saturated carbocycles. The first-order chi connectivity index (χ1) is 11.8. The van der Waals surface area contributed by atoms with E-state index in [-0.39, 0.29) is 17.1 Å². The van der Waals surface area contributed by atoms with Gasteiger partial charge in [0, 0.05) is 56.8 Å². The average Bonchev–Trinajstić information content (AvgIpc) is 3.29. The average molecular weight is 335 g/mol. The Kier molecular flexibility index (Phi) is 4.56. The third-order valence-corrected chi connectivity index (χ3v) is 5.71. The molecule has 4 rings (SSSR count). The van der Waals surface area contributed by atoms with Crippen molar-refractivity contribution in [3.8, 4) is 0 Å². The topological polar surface area (TPSA) is 76.8 Å². The Bertz CT molecular complexity index is 558. The maximum atomic E-state index is 12.1. The zero-order chi connectivity index (χ0) is 16.4. The lowest BCUT2D eigenvalue weighted by atomic mass is 9.81. The molecule has 2 atom stereocenters. The summed E-state index contributed by atoms with van der Waals surface area (Å²) in [5.41, 5.74) is 0.0286. The number of amides is 1. The van der Waals surface area contributed by atoms with E-state index in [0.717, 1.165) is 64.8 Å². The largest absolute Gasteiger partial charge is 0.381 e. The third kappa shape index (κ3) is 3.20. The number of fused-ring (bicyclic) bond motifs is 1. The molecule has 0 aromatic carbocycles. The highest BCUT2D eigenvalue weighted by Gasteiger charge is 2.50. The van der Waals surface area contributed by atoms with Crippen LogP contribution in [0.1, 0.15) is 23.4 Å². The van der Waals surface area contributed by atoms with Crippen LogP contribution in [0.25, 0.3) is 0 Å². The monoisotopic (exact) mass is 335 g/mol. The second-order valence-corrected chi connectivity index (χ2v) is 7.38. The minimum atomic E-state index is -0.199. The lowest BCUT2D eigenvalue weighted by Gasteiger charge is -2.30. The molecule has 3 fully saturated rings. The van der Waals surface area contributed by atoms with Gasteiger partial charge in [0.15, 0.2) is 0 Å². The van der Waals surface area contributed by atoms with Crippen LogP contribution in [-0.2, 0) is 9.47 Å². The summed E-state index contributed by atoms with van der Waals surface area (Å²) in [4.78, 5) is 14.7. The maximum absolute atomic E-state index is 12.1. The van der Waals surface area contributed by atoms with Gasteiger partial charge in [-0.15, -0.1) is 0 Å². The highest BCUT2D eigenvalue weighted by atomic mass is 16.5. The number of hydrogen-bond acceptors (Lipinski definition) is 6. The Balaban J connectivity index is 1.35. The van der Waals surface area contributed by atoms with E-state index in [0.29, 0.717) is 12.5 Å². The Morgan fingerprint density at radius 3 is 3.04 bits per heavy atom. The molecule has 4 heterocycles. The van der Waals surface area contributed by atoms with Gasteiger partial charge >= 0.3 is 0 Å². The molecule has 1 aromatic heterocycles. The third-order valence-electron chi connectivity index (χ3n) is 5.71. The molecule has 1 aromatic rings. The van der Waals surface area contributed by atoms with Crippen molar-refractivity contribution >= 4 is 5.91 Å². The SMILES string of the molecule is O=C(NC[C@]12COC[C@H]1CN(CC1CCOCC1)C2)c1ccno1. The standard InChI is InChI=1S/C17H25N3O4/c21-16(15-1-4-19-24-15)18-10-17-11-20(8-14(17)9-23-12-17)7-13-2-5-22-6-3-13/h1,4,13-14H,2-3,5-12H2,(H,18,21)/t14-,17+/m1/s1. The zero-order valence-corrected chi connectivity index (χ0v) is 13.9. The molecule has 1 N–H and O–H groups in total. The predicted octanol–water partition coefficient (Wildman–Crippen LogP) is 0.779. The van der Waals surface area contributed by atoms with Crippen LogP contribution in [0.15, 0.2) is 16.8 Å². The molecule has 7 heteroatoms. The van der Waals surface area contributed by atoms with E-state index in [1.165, 1.54) is 6.20 Å². The fourth-order valence-electron chi connectivity index (χ4n) is 4.30. The fraction of sp³-hybridized carbons (Fsp3) is 0.765. The summed E-state index contributed by atoms with van der Waals surface area (Å²) in [5, 5.41) is 6.60. The summed E-state index contributed by atoms with van der Waals surface area (Å²) in [5.74, 6) is 1.29. The Morgan fingerprint density at radius 2 is 2.25 bits per heavy atom.